The number of ether oxygens (including phenoxy) is 1. The lowest BCUT2D eigenvalue weighted by Crippen LogP contribution is -2.47. The fraction of sp³-hybridized carbons (Fsp3) is 0.462. The molecule has 1 fully saturated rings. The first-order chi connectivity index (χ1) is 10.2. The zero-order chi connectivity index (χ0) is 14.7. The molecule has 0 spiro atoms. The standard InChI is InChI=1S/C13H17N5O3/c1-17-11(2-4-15-17)12-9-18(5-7-20-12)13(19)14-8-10-3-6-21-16-10/h2-4,6,12H,5,7-9H2,1H3,(H,14,19)/t12-/m0/s1. The van der Waals surface area contributed by atoms with Crippen molar-refractivity contribution in [3.63, 3.8) is 0 Å². The molecule has 1 aliphatic heterocycles. The summed E-state index contributed by atoms with van der Waals surface area (Å²) in [7, 11) is 1.86. The summed E-state index contributed by atoms with van der Waals surface area (Å²) in [6.07, 6.45) is 3.06. The number of morpholine rings is 1. The van der Waals surface area contributed by atoms with Crippen LogP contribution in [0.2, 0.25) is 0 Å². The third-order valence-electron chi connectivity index (χ3n) is 3.45. The van der Waals surface area contributed by atoms with Crippen molar-refractivity contribution < 1.29 is 14.1 Å². The van der Waals surface area contributed by atoms with E-state index in [1.54, 1.807) is 21.8 Å². The lowest BCUT2D eigenvalue weighted by atomic mass is 10.2. The van der Waals surface area contributed by atoms with Crippen molar-refractivity contribution in [2.75, 3.05) is 19.7 Å². The number of carbonyl (C=O) groups excluding carboxylic acids is 1. The van der Waals surface area contributed by atoms with Crippen molar-refractivity contribution in [1.29, 1.82) is 0 Å². The number of nitrogens with zero attached hydrogens (tertiary/aromatic N) is 4. The third-order valence-corrected chi connectivity index (χ3v) is 3.45. The Kier molecular flexibility index (Phi) is 3.87. The predicted molar refractivity (Wildman–Crippen MR) is 72.2 cm³/mol. The second kappa shape index (κ2) is 5.96. The summed E-state index contributed by atoms with van der Waals surface area (Å²) in [6.45, 7) is 1.93. The molecule has 112 valence electrons. The zero-order valence-electron chi connectivity index (χ0n) is 11.7. The Morgan fingerprint density at radius 1 is 1.52 bits per heavy atom. The normalized spacial score (nSPS) is 18.7. The van der Waals surface area contributed by atoms with Crippen LogP contribution in [-0.4, -0.2) is 45.6 Å². The van der Waals surface area contributed by atoms with Gasteiger partial charge in [0.2, 0.25) is 0 Å². The van der Waals surface area contributed by atoms with Gasteiger partial charge in [0.25, 0.3) is 0 Å². The van der Waals surface area contributed by atoms with Gasteiger partial charge in [0.1, 0.15) is 18.1 Å². The molecule has 2 aromatic heterocycles. The molecule has 0 aliphatic carbocycles. The fourth-order valence-corrected chi connectivity index (χ4v) is 2.32. The second-order valence-electron chi connectivity index (χ2n) is 4.83. The summed E-state index contributed by atoms with van der Waals surface area (Å²) < 4.78 is 12.2. The molecule has 1 saturated heterocycles. The van der Waals surface area contributed by atoms with Crippen molar-refractivity contribution in [1.82, 2.24) is 25.2 Å². The molecule has 1 atom stereocenters. The number of aromatic nitrogens is 3. The van der Waals surface area contributed by atoms with E-state index in [1.165, 1.54) is 6.26 Å². The molecule has 3 rings (SSSR count). The van der Waals surface area contributed by atoms with Gasteiger partial charge in [0, 0.05) is 25.9 Å². The van der Waals surface area contributed by atoms with Crippen LogP contribution < -0.4 is 5.32 Å². The van der Waals surface area contributed by atoms with Crippen LogP contribution in [0.3, 0.4) is 0 Å². The molecule has 0 bridgehead atoms. The van der Waals surface area contributed by atoms with Gasteiger partial charge in [-0.1, -0.05) is 5.16 Å². The number of carbonyl (C=O) groups is 1. The van der Waals surface area contributed by atoms with Gasteiger partial charge < -0.3 is 19.5 Å². The molecule has 1 N–H and O–H groups in total. The highest BCUT2D eigenvalue weighted by atomic mass is 16.5. The monoisotopic (exact) mass is 291 g/mol. The van der Waals surface area contributed by atoms with Crippen LogP contribution in [0.25, 0.3) is 0 Å². The molecular weight excluding hydrogens is 274 g/mol. The Morgan fingerprint density at radius 3 is 3.14 bits per heavy atom. The minimum atomic E-state index is -0.149. The Bertz CT molecular complexity index is 595. The molecule has 3 heterocycles. The summed E-state index contributed by atoms with van der Waals surface area (Å²) in [4.78, 5) is 13.9. The smallest absolute Gasteiger partial charge is 0.317 e. The molecule has 0 radical (unpaired) electrons. The van der Waals surface area contributed by atoms with E-state index >= 15 is 0 Å². The lowest BCUT2D eigenvalue weighted by molar-refractivity contribution is -0.0194. The summed E-state index contributed by atoms with van der Waals surface area (Å²) in [6, 6.07) is 3.49. The van der Waals surface area contributed by atoms with Gasteiger partial charge >= 0.3 is 6.03 Å². The van der Waals surface area contributed by atoms with Crippen LogP contribution in [0.15, 0.2) is 29.1 Å². The molecule has 8 heteroatoms. The Balaban J connectivity index is 1.58. The van der Waals surface area contributed by atoms with Gasteiger partial charge in [-0.25, -0.2) is 4.79 Å². The van der Waals surface area contributed by atoms with Crippen LogP contribution in [-0.2, 0) is 18.3 Å². The number of hydrogen-bond acceptors (Lipinski definition) is 5. The van der Waals surface area contributed by atoms with Gasteiger partial charge in [0.15, 0.2) is 0 Å². The van der Waals surface area contributed by atoms with Crippen LogP contribution in [0.4, 0.5) is 4.79 Å². The topological polar surface area (TPSA) is 85.4 Å². The minimum Gasteiger partial charge on any atom is -0.368 e. The minimum absolute atomic E-state index is 0.131. The van der Waals surface area contributed by atoms with E-state index in [-0.39, 0.29) is 12.1 Å². The van der Waals surface area contributed by atoms with Crippen molar-refractivity contribution in [2.24, 2.45) is 7.05 Å². The maximum absolute atomic E-state index is 12.2. The second-order valence-corrected chi connectivity index (χ2v) is 4.83. The summed E-state index contributed by atoms with van der Waals surface area (Å²) in [5, 5.41) is 10.7. The van der Waals surface area contributed by atoms with E-state index < -0.39 is 0 Å². The highest BCUT2D eigenvalue weighted by Gasteiger charge is 2.27. The number of rotatable bonds is 3. The van der Waals surface area contributed by atoms with Crippen LogP contribution in [0.5, 0.6) is 0 Å². The van der Waals surface area contributed by atoms with Crippen molar-refractivity contribution in [3.05, 3.63) is 36.0 Å². The Hall–Kier alpha value is -2.35. The van der Waals surface area contributed by atoms with E-state index in [0.29, 0.717) is 31.9 Å². The highest BCUT2D eigenvalue weighted by molar-refractivity contribution is 5.74. The number of hydrogen-bond donors (Lipinski definition) is 1. The first-order valence-corrected chi connectivity index (χ1v) is 6.75. The van der Waals surface area contributed by atoms with Gasteiger partial charge in [-0.15, -0.1) is 0 Å². The van der Waals surface area contributed by atoms with Gasteiger partial charge in [-0.3, -0.25) is 4.68 Å². The number of nitrogens with one attached hydrogen (secondary N) is 1. The summed E-state index contributed by atoms with van der Waals surface area (Å²) in [5.74, 6) is 0. The maximum atomic E-state index is 12.2. The molecule has 2 aromatic rings. The predicted octanol–water partition coefficient (Wildman–Crippen LogP) is 0.691. The van der Waals surface area contributed by atoms with Crippen LogP contribution in [0.1, 0.15) is 17.5 Å². The van der Waals surface area contributed by atoms with E-state index in [9.17, 15) is 4.79 Å². The molecule has 1 aliphatic rings. The number of aryl methyl sites for hydroxylation is 1. The SMILES string of the molecule is Cn1nccc1[C@@H]1CN(C(=O)NCc2ccon2)CCO1. The Labute approximate surface area is 121 Å². The maximum Gasteiger partial charge on any atom is 0.317 e. The molecule has 0 saturated carbocycles. The van der Waals surface area contributed by atoms with Gasteiger partial charge in [-0.05, 0) is 6.07 Å². The molecule has 0 unspecified atom stereocenters. The van der Waals surface area contributed by atoms with Gasteiger partial charge in [-0.2, -0.15) is 5.10 Å². The molecular formula is C13H17N5O3. The highest BCUT2D eigenvalue weighted by Crippen LogP contribution is 2.21. The van der Waals surface area contributed by atoms with E-state index in [1.807, 2.05) is 13.1 Å². The van der Waals surface area contributed by atoms with Gasteiger partial charge in [0.05, 0.1) is 25.4 Å². The van der Waals surface area contributed by atoms with Crippen molar-refractivity contribution in [3.8, 4) is 0 Å². The molecule has 0 aromatic carbocycles. The van der Waals surface area contributed by atoms with E-state index in [2.05, 4.69) is 15.6 Å². The van der Waals surface area contributed by atoms with E-state index in [0.717, 1.165) is 5.69 Å². The van der Waals surface area contributed by atoms with Crippen LogP contribution in [0, 0.1) is 0 Å². The van der Waals surface area contributed by atoms with Crippen molar-refractivity contribution >= 4 is 6.03 Å². The Morgan fingerprint density at radius 2 is 2.43 bits per heavy atom. The van der Waals surface area contributed by atoms with Crippen LogP contribution >= 0.6 is 0 Å². The average Bonchev–Trinajstić information content (AvgIpc) is 3.16. The summed E-state index contributed by atoms with van der Waals surface area (Å²) in [5.41, 5.74) is 1.66. The number of amides is 2. The summed E-state index contributed by atoms with van der Waals surface area (Å²) >= 11 is 0. The molecule has 21 heavy (non-hydrogen) atoms. The average molecular weight is 291 g/mol. The molecule has 2 amide bonds. The first-order valence-electron chi connectivity index (χ1n) is 6.75. The third kappa shape index (κ3) is 3.05. The first kappa shape index (κ1) is 13.6. The quantitative estimate of drug-likeness (QED) is 0.899. The fourth-order valence-electron chi connectivity index (χ4n) is 2.32. The number of urea groups is 1. The largest absolute Gasteiger partial charge is 0.368 e. The van der Waals surface area contributed by atoms with Crippen molar-refractivity contribution in [2.45, 2.75) is 12.6 Å². The molecule has 8 nitrogen and oxygen atoms in total. The lowest BCUT2D eigenvalue weighted by Gasteiger charge is -2.32. The van der Waals surface area contributed by atoms with E-state index in [4.69, 9.17) is 9.26 Å². The zero-order valence-corrected chi connectivity index (χ0v) is 11.7.